The first-order valence-electron chi connectivity index (χ1n) is 6.74. The van der Waals surface area contributed by atoms with Gasteiger partial charge in [-0.15, -0.1) is 11.8 Å². The van der Waals surface area contributed by atoms with E-state index in [2.05, 4.69) is 29.6 Å². The Kier molecular flexibility index (Phi) is 5.39. The summed E-state index contributed by atoms with van der Waals surface area (Å²) in [6.45, 7) is 3.90. The van der Waals surface area contributed by atoms with Gasteiger partial charge in [0.25, 0.3) is 0 Å². The van der Waals surface area contributed by atoms with E-state index in [4.69, 9.17) is 0 Å². The first-order chi connectivity index (χ1) is 10.0. The molecule has 0 spiro atoms. The van der Waals surface area contributed by atoms with Crippen molar-refractivity contribution in [1.29, 1.82) is 0 Å². The minimum Gasteiger partial charge on any atom is -0.323 e. The largest absolute Gasteiger partial charge is 0.323 e. The van der Waals surface area contributed by atoms with Crippen LogP contribution in [0.2, 0.25) is 0 Å². The number of anilines is 1. The smallest absolute Gasteiger partial charge is 0.234 e. The van der Waals surface area contributed by atoms with Crippen LogP contribution in [0.5, 0.6) is 0 Å². The number of carbonyl (C=O) groups excluding carboxylic acids is 1. The van der Waals surface area contributed by atoms with E-state index in [9.17, 15) is 9.18 Å². The van der Waals surface area contributed by atoms with Gasteiger partial charge in [0.15, 0.2) is 0 Å². The van der Waals surface area contributed by atoms with Crippen LogP contribution in [-0.2, 0) is 10.5 Å². The molecule has 0 unspecified atom stereocenters. The summed E-state index contributed by atoms with van der Waals surface area (Å²) in [5, 5.41) is 2.61. The average Bonchev–Trinajstić information content (AvgIpc) is 2.45. The number of thioether (sulfide) groups is 1. The fourth-order valence-corrected chi connectivity index (χ4v) is 2.65. The van der Waals surface area contributed by atoms with Crippen molar-refractivity contribution in [1.82, 2.24) is 0 Å². The average molecular weight is 303 g/mol. The predicted octanol–water partition coefficient (Wildman–Crippen LogP) is 4.31. The molecule has 0 saturated carbocycles. The van der Waals surface area contributed by atoms with E-state index in [0.29, 0.717) is 5.75 Å². The Morgan fingerprint density at radius 2 is 1.76 bits per heavy atom. The lowest BCUT2D eigenvalue weighted by Gasteiger charge is -2.07. The molecule has 0 aliphatic rings. The maximum atomic E-state index is 13.5. The summed E-state index contributed by atoms with van der Waals surface area (Å²) < 4.78 is 13.5. The second kappa shape index (κ2) is 7.27. The molecule has 1 amide bonds. The van der Waals surface area contributed by atoms with Gasteiger partial charge in [-0.3, -0.25) is 4.79 Å². The third kappa shape index (κ3) is 4.90. The van der Waals surface area contributed by atoms with Crippen molar-refractivity contribution in [3.8, 4) is 0 Å². The van der Waals surface area contributed by atoms with E-state index < -0.39 is 5.82 Å². The van der Waals surface area contributed by atoms with Crippen LogP contribution in [-0.4, -0.2) is 11.7 Å². The highest BCUT2D eigenvalue weighted by molar-refractivity contribution is 7.99. The molecule has 110 valence electrons. The van der Waals surface area contributed by atoms with Gasteiger partial charge in [0.05, 0.1) is 11.4 Å². The molecule has 2 aromatic carbocycles. The lowest BCUT2D eigenvalue weighted by Crippen LogP contribution is -2.15. The van der Waals surface area contributed by atoms with Gasteiger partial charge in [-0.2, -0.15) is 0 Å². The van der Waals surface area contributed by atoms with Gasteiger partial charge >= 0.3 is 0 Å². The molecule has 0 aliphatic heterocycles. The van der Waals surface area contributed by atoms with Crippen LogP contribution in [0.15, 0.2) is 42.5 Å². The van der Waals surface area contributed by atoms with Gasteiger partial charge in [-0.25, -0.2) is 4.39 Å². The van der Waals surface area contributed by atoms with Crippen LogP contribution in [0.25, 0.3) is 0 Å². The Morgan fingerprint density at radius 1 is 1.10 bits per heavy atom. The molecule has 0 bridgehead atoms. The zero-order valence-corrected chi connectivity index (χ0v) is 13.0. The molecule has 0 heterocycles. The Balaban J connectivity index is 1.82. The molecule has 1 N–H and O–H groups in total. The summed E-state index contributed by atoms with van der Waals surface area (Å²) in [6, 6.07) is 12.9. The Hall–Kier alpha value is -1.81. The lowest BCUT2D eigenvalue weighted by molar-refractivity contribution is -0.113. The van der Waals surface area contributed by atoms with Crippen molar-refractivity contribution in [3.05, 3.63) is 65.0 Å². The Labute approximate surface area is 128 Å². The molecule has 21 heavy (non-hydrogen) atoms. The SMILES string of the molecule is Cc1ccc(CSCC(=O)Nc2cc(C)ccc2F)cc1. The van der Waals surface area contributed by atoms with Gasteiger partial charge in [-0.05, 0) is 37.1 Å². The summed E-state index contributed by atoms with van der Waals surface area (Å²) in [6.07, 6.45) is 0. The van der Waals surface area contributed by atoms with Crippen LogP contribution < -0.4 is 5.32 Å². The molecule has 2 nitrogen and oxygen atoms in total. The summed E-state index contributed by atoms with van der Waals surface area (Å²) in [7, 11) is 0. The number of nitrogens with one attached hydrogen (secondary N) is 1. The molecule has 0 radical (unpaired) electrons. The third-order valence-electron chi connectivity index (χ3n) is 3.02. The summed E-state index contributed by atoms with van der Waals surface area (Å²) in [5.41, 5.74) is 3.56. The van der Waals surface area contributed by atoms with Crippen molar-refractivity contribution in [2.45, 2.75) is 19.6 Å². The quantitative estimate of drug-likeness (QED) is 0.891. The molecule has 4 heteroatoms. The van der Waals surface area contributed by atoms with Crippen LogP contribution >= 0.6 is 11.8 Å². The van der Waals surface area contributed by atoms with Gasteiger partial charge in [-0.1, -0.05) is 35.9 Å². The third-order valence-corrected chi connectivity index (χ3v) is 4.02. The van der Waals surface area contributed by atoms with Crippen LogP contribution in [0.4, 0.5) is 10.1 Å². The molecule has 0 aliphatic carbocycles. The molecule has 2 rings (SSSR count). The predicted molar refractivity (Wildman–Crippen MR) is 87.1 cm³/mol. The first-order valence-corrected chi connectivity index (χ1v) is 7.89. The molecular weight excluding hydrogens is 285 g/mol. The maximum absolute atomic E-state index is 13.5. The minimum absolute atomic E-state index is 0.184. The van der Waals surface area contributed by atoms with Crippen LogP contribution in [0.3, 0.4) is 0 Å². The van der Waals surface area contributed by atoms with E-state index >= 15 is 0 Å². The summed E-state index contributed by atoms with van der Waals surface area (Å²) >= 11 is 1.52. The zero-order valence-electron chi connectivity index (χ0n) is 12.2. The van der Waals surface area contributed by atoms with Gasteiger partial charge in [0.2, 0.25) is 5.91 Å². The van der Waals surface area contributed by atoms with Crippen molar-refractivity contribution < 1.29 is 9.18 Å². The van der Waals surface area contributed by atoms with Gasteiger partial charge < -0.3 is 5.32 Å². The highest BCUT2D eigenvalue weighted by Gasteiger charge is 2.07. The fraction of sp³-hybridized carbons (Fsp3) is 0.235. The van der Waals surface area contributed by atoms with Crippen LogP contribution in [0, 0.1) is 19.7 Å². The van der Waals surface area contributed by atoms with Crippen molar-refractivity contribution in [2.75, 3.05) is 11.1 Å². The number of amides is 1. The second-order valence-electron chi connectivity index (χ2n) is 5.01. The number of hydrogen-bond donors (Lipinski definition) is 1. The minimum atomic E-state index is -0.405. The lowest BCUT2D eigenvalue weighted by atomic mass is 10.2. The van der Waals surface area contributed by atoms with Crippen LogP contribution in [0.1, 0.15) is 16.7 Å². The molecule has 2 aromatic rings. The number of carbonyl (C=O) groups is 1. The van der Waals surface area contributed by atoms with E-state index in [1.54, 1.807) is 12.1 Å². The van der Waals surface area contributed by atoms with Gasteiger partial charge in [0.1, 0.15) is 5.82 Å². The van der Waals surface area contributed by atoms with Crippen molar-refractivity contribution in [2.24, 2.45) is 0 Å². The number of hydrogen-bond acceptors (Lipinski definition) is 2. The molecular formula is C17H18FNOS. The topological polar surface area (TPSA) is 29.1 Å². The number of halogens is 1. The van der Waals surface area contributed by atoms with E-state index in [0.717, 1.165) is 11.3 Å². The number of benzene rings is 2. The van der Waals surface area contributed by atoms with Crippen molar-refractivity contribution in [3.63, 3.8) is 0 Å². The molecule has 0 fully saturated rings. The fourth-order valence-electron chi connectivity index (χ4n) is 1.87. The molecule has 0 aromatic heterocycles. The van der Waals surface area contributed by atoms with E-state index in [-0.39, 0.29) is 11.6 Å². The number of rotatable bonds is 5. The summed E-state index contributed by atoms with van der Waals surface area (Å²) in [4.78, 5) is 11.8. The monoisotopic (exact) mass is 303 g/mol. The second-order valence-corrected chi connectivity index (χ2v) is 6.00. The summed E-state index contributed by atoms with van der Waals surface area (Å²) in [5.74, 6) is 0.486. The molecule has 0 saturated heterocycles. The van der Waals surface area contributed by atoms with E-state index in [1.165, 1.54) is 29.0 Å². The number of aryl methyl sites for hydroxylation is 2. The molecule has 0 atom stereocenters. The Morgan fingerprint density at radius 3 is 2.48 bits per heavy atom. The zero-order chi connectivity index (χ0) is 15.2. The Bertz CT molecular complexity index is 625. The van der Waals surface area contributed by atoms with E-state index in [1.807, 2.05) is 13.8 Å². The van der Waals surface area contributed by atoms with Gasteiger partial charge in [0, 0.05) is 5.75 Å². The highest BCUT2D eigenvalue weighted by atomic mass is 32.2. The maximum Gasteiger partial charge on any atom is 0.234 e. The standard InChI is InChI=1S/C17H18FNOS/c1-12-3-6-14(7-4-12)10-21-11-17(20)19-16-9-13(2)5-8-15(16)18/h3-9H,10-11H2,1-2H3,(H,19,20). The first kappa shape index (κ1) is 15.6. The normalized spacial score (nSPS) is 10.4. The highest BCUT2D eigenvalue weighted by Crippen LogP contribution is 2.17. The van der Waals surface area contributed by atoms with Crippen molar-refractivity contribution >= 4 is 23.4 Å².